The Morgan fingerprint density at radius 1 is 1.04 bits per heavy atom. The van der Waals surface area contributed by atoms with Gasteiger partial charge in [0.1, 0.15) is 0 Å². The van der Waals surface area contributed by atoms with Crippen molar-refractivity contribution in [3.8, 4) is 0 Å². The van der Waals surface area contributed by atoms with E-state index in [0.717, 1.165) is 25.3 Å². The Morgan fingerprint density at radius 3 is 2.25 bits per heavy atom. The normalized spacial score (nSPS) is 20.7. The molecule has 0 radical (unpaired) electrons. The molecule has 2 heteroatoms. The van der Waals surface area contributed by atoms with Crippen molar-refractivity contribution in [1.82, 2.24) is 4.90 Å². The lowest BCUT2D eigenvalue weighted by atomic mass is 9.81. The largest absolute Gasteiger partial charge is 0.337 e. The van der Waals surface area contributed by atoms with Gasteiger partial charge >= 0.3 is 0 Å². The van der Waals surface area contributed by atoms with E-state index in [-0.39, 0.29) is 11.0 Å². The van der Waals surface area contributed by atoms with Crippen molar-refractivity contribution in [2.75, 3.05) is 6.54 Å². The third-order valence-electron chi connectivity index (χ3n) is 5.48. The highest BCUT2D eigenvalue weighted by atomic mass is 16.2. The standard InChI is InChI=1S/C22H43NO/c1-8-10-11-13-18(12-9-2)14-19-15-20(24)23(16-19)22(6,7)17-21(3,4)5/h18-19H,8-17H2,1-7H3. The van der Waals surface area contributed by atoms with Crippen molar-refractivity contribution in [3.05, 3.63) is 0 Å². The summed E-state index contributed by atoms with van der Waals surface area (Å²) in [5, 5.41) is 0. The summed E-state index contributed by atoms with van der Waals surface area (Å²) in [6, 6.07) is 0. The van der Waals surface area contributed by atoms with Crippen molar-refractivity contribution in [2.24, 2.45) is 17.3 Å². The van der Waals surface area contributed by atoms with Crippen LogP contribution in [0.5, 0.6) is 0 Å². The Morgan fingerprint density at radius 2 is 1.71 bits per heavy atom. The van der Waals surface area contributed by atoms with Gasteiger partial charge in [-0.25, -0.2) is 0 Å². The van der Waals surface area contributed by atoms with Gasteiger partial charge in [-0.15, -0.1) is 0 Å². The molecule has 0 aromatic heterocycles. The molecule has 0 aliphatic carbocycles. The summed E-state index contributed by atoms with van der Waals surface area (Å²) < 4.78 is 0. The lowest BCUT2D eigenvalue weighted by Crippen LogP contribution is -2.47. The van der Waals surface area contributed by atoms with Gasteiger partial charge < -0.3 is 4.90 Å². The highest BCUT2D eigenvalue weighted by Gasteiger charge is 2.40. The summed E-state index contributed by atoms with van der Waals surface area (Å²) in [6.45, 7) is 16.9. The van der Waals surface area contributed by atoms with Gasteiger partial charge in [0.15, 0.2) is 0 Å². The first-order valence-electron chi connectivity index (χ1n) is 10.4. The fraction of sp³-hybridized carbons (Fsp3) is 0.955. The van der Waals surface area contributed by atoms with Crippen LogP contribution in [0.2, 0.25) is 0 Å². The van der Waals surface area contributed by atoms with E-state index in [4.69, 9.17) is 0 Å². The second-order valence-electron chi connectivity index (χ2n) is 10.0. The van der Waals surface area contributed by atoms with E-state index < -0.39 is 0 Å². The molecule has 1 saturated heterocycles. The Bertz CT molecular complexity index is 380. The van der Waals surface area contributed by atoms with Crippen LogP contribution in [-0.2, 0) is 4.79 Å². The molecule has 1 aliphatic rings. The molecule has 0 bridgehead atoms. The van der Waals surface area contributed by atoms with E-state index in [1.807, 2.05) is 0 Å². The first-order valence-corrected chi connectivity index (χ1v) is 10.4. The zero-order valence-corrected chi connectivity index (χ0v) is 17.6. The van der Waals surface area contributed by atoms with E-state index >= 15 is 0 Å². The minimum atomic E-state index is -0.0213. The molecule has 2 nitrogen and oxygen atoms in total. The van der Waals surface area contributed by atoms with Crippen LogP contribution in [0, 0.1) is 17.3 Å². The zero-order chi connectivity index (χ0) is 18.4. The maximum atomic E-state index is 12.6. The number of unbranched alkanes of at least 4 members (excludes halogenated alkanes) is 2. The SMILES string of the molecule is CCCCCC(CCC)CC1CC(=O)N(C(C)(C)CC(C)(C)C)C1. The molecule has 1 fully saturated rings. The van der Waals surface area contributed by atoms with Crippen LogP contribution in [-0.4, -0.2) is 22.9 Å². The van der Waals surface area contributed by atoms with Gasteiger partial charge in [-0.3, -0.25) is 4.79 Å². The van der Waals surface area contributed by atoms with Crippen LogP contribution in [0.1, 0.15) is 106 Å². The van der Waals surface area contributed by atoms with Crippen LogP contribution in [0.3, 0.4) is 0 Å². The van der Waals surface area contributed by atoms with E-state index in [2.05, 4.69) is 53.4 Å². The second-order valence-corrected chi connectivity index (χ2v) is 10.0. The number of rotatable bonds is 10. The Labute approximate surface area is 151 Å². The smallest absolute Gasteiger partial charge is 0.223 e. The molecule has 0 N–H and O–H groups in total. The molecule has 0 spiro atoms. The molecule has 1 rings (SSSR count). The molecule has 0 saturated carbocycles. The van der Waals surface area contributed by atoms with Crippen molar-refractivity contribution in [2.45, 2.75) is 112 Å². The number of nitrogens with zero attached hydrogens (tertiary/aromatic N) is 1. The van der Waals surface area contributed by atoms with Crippen LogP contribution in [0.15, 0.2) is 0 Å². The highest BCUT2D eigenvalue weighted by Crippen LogP contribution is 2.37. The van der Waals surface area contributed by atoms with E-state index in [9.17, 15) is 4.79 Å². The fourth-order valence-corrected chi connectivity index (χ4v) is 4.86. The Balaban J connectivity index is 2.61. The monoisotopic (exact) mass is 337 g/mol. The van der Waals surface area contributed by atoms with Crippen LogP contribution >= 0.6 is 0 Å². The van der Waals surface area contributed by atoms with Crippen molar-refractivity contribution < 1.29 is 4.79 Å². The zero-order valence-electron chi connectivity index (χ0n) is 17.6. The van der Waals surface area contributed by atoms with Crippen LogP contribution < -0.4 is 0 Å². The number of hydrogen-bond donors (Lipinski definition) is 0. The van der Waals surface area contributed by atoms with Crippen molar-refractivity contribution in [3.63, 3.8) is 0 Å². The summed E-state index contributed by atoms with van der Waals surface area (Å²) in [5.74, 6) is 1.79. The van der Waals surface area contributed by atoms with Crippen LogP contribution in [0.25, 0.3) is 0 Å². The Kier molecular flexibility index (Phi) is 8.29. The first-order chi connectivity index (χ1) is 11.1. The van der Waals surface area contributed by atoms with Gasteiger partial charge in [0.25, 0.3) is 0 Å². The highest BCUT2D eigenvalue weighted by molar-refractivity contribution is 5.79. The minimum Gasteiger partial charge on any atom is -0.337 e. The van der Waals surface area contributed by atoms with Gasteiger partial charge in [0.2, 0.25) is 5.91 Å². The minimum absolute atomic E-state index is 0.0213. The second kappa shape index (κ2) is 9.25. The molecule has 24 heavy (non-hydrogen) atoms. The first kappa shape index (κ1) is 21.5. The average molecular weight is 338 g/mol. The predicted octanol–water partition coefficient (Wildman–Crippen LogP) is 6.44. The summed E-state index contributed by atoms with van der Waals surface area (Å²) in [7, 11) is 0. The fourth-order valence-electron chi connectivity index (χ4n) is 4.86. The number of carbonyl (C=O) groups excluding carboxylic acids is 1. The molecule has 2 unspecified atom stereocenters. The topological polar surface area (TPSA) is 20.3 Å². The third-order valence-corrected chi connectivity index (χ3v) is 5.48. The predicted molar refractivity (Wildman–Crippen MR) is 105 cm³/mol. The molecule has 142 valence electrons. The molecule has 1 amide bonds. The molecular weight excluding hydrogens is 294 g/mol. The molecular formula is C22H43NO. The molecule has 0 aromatic carbocycles. The number of amides is 1. The maximum absolute atomic E-state index is 12.6. The van der Waals surface area contributed by atoms with E-state index in [1.54, 1.807) is 0 Å². The third kappa shape index (κ3) is 7.15. The summed E-state index contributed by atoms with van der Waals surface area (Å²) in [5.41, 5.74) is 0.235. The van der Waals surface area contributed by atoms with Gasteiger partial charge in [-0.05, 0) is 43.9 Å². The van der Waals surface area contributed by atoms with Gasteiger partial charge in [0, 0.05) is 18.5 Å². The summed E-state index contributed by atoms with van der Waals surface area (Å²) in [6.07, 6.45) is 11.1. The van der Waals surface area contributed by atoms with Gasteiger partial charge in [-0.2, -0.15) is 0 Å². The van der Waals surface area contributed by atoms with Crippen molar-refractivity contribution in [1.29, 1.82) is 0 Å². The number of carbonyl (C=O) groups is 1. The van der Waals surface area contributed by atoms with Crippen molar-refractivity contribution >= 4 is 5.91 Å². The number of likely N-dealkylation sites (tertiary alicyclic amines) is 1. The number of hydrogen-bond acceptors (Lipinski definition) is 1. The maximum Gasteiger partial charge on any atom is 0.223 e. The lowest BCUT2D eigenvalue weighted by Gasteiger charge is -2.40. The molecule has 1 heterocycles. The van der Waals surface area contributed by atoms with E-state index in [1.165, 1.54) is 44.9 Å². The van der Waals surface area contributed by atoms with E-state index in [0.29, 0.717) is 11.8 Å². The summed E-state index contributed by atoms with van der Waals surface area (Å²) in [4.78, 5) is 14.8. The van der Waals surface area contributed by atoms with Crippen LogP contribution in [0.4, 0.5) is 0 Å². The Hall–Kier alpha value is -0.530. The lowest BCUT2D eigenvalue weighted by molar-refractivity contribution is -0.133. The quantitative estimate of drug-likeness (QED) is 0.420. The molecule has 2 atom stereocenters. The van der Waals surface area contributed by atoms with Gasteiger partial charge in [-0.1, -0.05) is 73.1 Å². The van der Waals surface area contributed by atoms with Gasteiger partial charge in [0.05, 0.1) is 0 Å². The average Bonchev–Trinajstić information content (AvgIpc) is 2.78. The molecule has 1 aliphatic heterocycles. The molecule has 0 aromatic rings. The summed E-state index contributed by atoms with van der Waals surface area (Å²) >= 11 is 0.